The Morgan fingerprint density at radius 1 is 0.606 bits per heavy atom. The number of benzene rings is 1. The van der Waals surface area contributed by atoms with Gasteiger partial charge in [-0.25, -0.2) is 0 Å². The van der Waals surface area contributed by atoms with E-state index in [-0.39, 0.29) is 0 Å². The van der Waals surface area contributed by atoms with E-state index in [2.05, 4.69) is 43.5 Å². The van der Waals surface area contributed by atoms with Gasteiger partial charge in [-0.1, -0.05) is 83.5 Å². The third kappa shape index (κ3) is 22.5. The van der Waals surface area contributed by atoms with Crippen molar-refractivity contribution in [1.82, 2.24) is 0 Å². The summed E-state index contributed by atoms with van der Waals surface area (Å²) in [6, 6.07) is 20.2. The molecule has 2 nitrogen and oxygen atoms in total. The van der Waals surface area contributed by atoms with E-state index in [4.69, 9.17) is 8.83 Å². The number of rotatable bonds is 0. The standard InChI is InChI=1S/C7H10O.C7H8.C5H6O.C5H6S.3C2H6/c1-5-4-6(2)8-7(5)3;1-7-5-3-2-4-6-7;2*1-5-3-2-4-6-5;3*1-2/h4H,1-3H3;2-6H,1H3;2*2-4H,1H3;3*1-2H3. The quantitative estimate of drug-likeness (QED) is 0.254. The summed E-state index contributed by atoms with van der Waals surface area (Å²) in [5, 5.41) is 2.08. The van der Waals surface area contributed by atoms with Crippen LogP contribution in [0.25, 0.3) is 0 Å². The van der Waals surface area contributed by atoms with E-state index in [1.807, 2.05) is 106 Å². The summed E-state index contributed by atoms with van der Waals surface area (Å²) in [6.45, 7) is 24.1. The molecule has 0 aliphatic carbocycles. The summed E-state index contributed by atoms with van der Waals surface area (Å²) in [7, 11) is 0. The maximum absolute atomic E-state index is 5.21. The van der Waals surface area contributed by atoms with Crippen LogP contribution in [-0.4, -0.2) is 0 Å². The van der Waals surface area contributed by atoms with Gasteiger partial charge in [-0.3, -0.25) is 0 Å². The molecule has 186 valence electrons. The predicted octanol–water partition coefficient (Wildman–Crippen LogP) is 10.9. The molecule has 4 rings (SSSR count). The van der Waals surface area contributed by atoms with Crippen molar-refractivity contribution >= 4 is 11.3 Å². The molecule has 1 aromatic carbocycles. The minimum absolute atomic E-state index is 0.968. The molecule has 0 saturated heterocycles. The molecular formula is C30H48O2S. The van der Waals surface area contributed by atoms with Crippen molar-refractivity contribution in [2.75, 3.05) is 0 Å². The largest absolute Gasteiger partial charge is 0.470 e. The molecule has 0 fully saturated rings. The third-order valence-electron chi connectivity index (χ3n) is 3.56. The SMILES string of the molecule is CC.CC.CC.Cc1cc(C)c(C)o1.Cc1ccccc1.Cc1ccco1.Cc1cccs1. The fourth-order valence-electron chi connectivity index (χ4n) is 2.01. The summed E-state index contributed by atoms with van der Waals surface area (Å²) < 4.78 is 10.0. The lowest BCUT2D eigenvalue weighted by molar-refractivity contribution is 0.502. The lowest BCUT2D eigenvalue weighted by atomic mass is 10.2. The van der Waals surface area contributed by atoms with Gasteiger partial charge in [-0.2, -0.15) is 0 Å². The Balaban J connectivity index is -0.000000339. The van der Waals surface area contributed by atoms with Crippen molar-refractivity contribution in [3.8, 4) is 0 Å². The summed E-state index contributed by atoms with van der Waals surface area (Å²) in [5.41, 5.74) is 2.56. The Labute approximate surface area is 208 Å². The second-order valence-corrected chi connectivity index (χ2v) is 7.35. The summed E-state index contributed by atoms with van der Waals surface area (Å²) in [5.74, 6) is 3.00. The number of thiophene rings is 1. The molecule has 0 atom stereocenters. The third-order valence-corrected chi connectivity index (χ3v) is 4.36. The van der Waals surface area contributed by atoms with Crippen LogP contribution in [0, 0.1) is 41.5 Å². The Kier molecular flexibility index (Phi) is 27.4. The molecule has 3 aromatic heterocycles. The highest BCUT2D eigenvalue weighted by Crippen LogP contribution is 2.10. The van der Waals surface area contributed by atoms with Crippen LogP contribution in [-0.2, 0) is 0 Å². The Morgan fingerprint density at radius 3 is 1.33 bits per heavy atom. The van der Waals surface area contributed by atoms with Crippen LogP contribution in [0.1, 0.15) is 74.8 Å². The molecule has 0 unspecified atom stereocenters. The minimum atomic E-state index is 0.968. The maximum atomic E-state index is 5.21. The second kappa shape index (κ2) is 25.7. The van der Waals surface area contributed by atoms with E-state index in [0.29, 0.717) is 0 Å². The summed E-state index contributed by atoms with van der Waals surface area (Å²) >= 11 is 1.78. The lowest BCUT2D eigenvalue weighted by Gasteiger charge is -1.82. The average Bonchev–Trinajstić information content (AvgIpc) is 3.58. The fourth-order valence-corrected chi connectivity index (χ4v) is 2.54. The van der Waals surface area contributed by atoms with E-state index >= 15 is 0 Å². The molecular weight excluding hydrogens is 424 g/mol. The molecule has 3 heteroatoms. The van der Waals surface area contributed by atoms with Crippen molar-refractivity contribution in [1.29, 1.82) is 0 Å². The summed E-state index contributed by atoms with van der Waals surface area (Å²) in [4.78, 5) is 1.38. The van der Waals surface area contributed by atoms with Gasteiger partial charge >= 0.3 is 0 Å². The summed E-state index contributed by atoms with van der Waals surface area (Å²) in [6.07, 6.45) is 1.66. The first-order valence-electron chi connectivity index (χ1n) is 11.9. The van der Waals surface area contributed by atoms with Crippen LogP contribution in [0.4, 0.5) is 0 Å². The van der Waals surface area contributed by atoms with Gasteiger partial charge in [0.2, 0.25) is 0 Å². The van der Waals surface area contributed by atoms with Crippen LogP contribution in [0.3, 0.4) is 0 Å². The molecule has 0 saturated carbocycles. The highest BCUT2D eigenvalue weighted by atomic mass is 32.1. The van der Waals surface area contributed by atoms with Crippen LogP contribution >= 0.6 is 11.3 Å². The molecule has 0 bridgehead atoms. The monoisotopic (exact) mass is 472 g/mol. The van der Waals surface area contributed by atoms with Crippen molar-refractivity contribution in [3.05, 3.63) is 106 Å². The number of hydrogen-bond acceptors (Lipinski definition) is 3. The van der Waals surface area contributed by atoms with Crippen LogP contribution in [0.15, 0.2) is 81.1 Å². The molecule has 33 heavy (non-hydrogen) atoms. The first kappa shape index (κ1) is 35.1. The van der Waals surface area contributed by atoms with Crippen molar-refractivity contribution in [2.24, 2.45) is 0 Å². The van der Waals surface area contributed by atoms with E-state index in [1.54, 1.807) is 17.6 Å². The van der Waals surface area contributed by atoms with E-state index in [1.165, 1.54) is 16.0 Å². The zero-order valence-electron chi connectivity index (χ0n) is 23.2. The molecule has 0 amide bonds. The normalized spacial score (nSPS) is 8.00. The zero-order valence-corrected chi connectivity index (χ0v) is 24.0. The maximum Gasteiger partial charge on any atom is 0.103 e. The molecule has 4 aromatic rings. The molecule has 0 radical (unpaired) electrons. The van der Waals surface area contributed by atoms with Gasteiger partial charge in [0.25, 0.3) is 0 Å². The highest BCUT2D eigenvalue weighted by Gasteiger charge is 1.95. The van der Waals surface area contributed by atoms with Crippen LogP contribution in [0.5, 0.6) is 0 Å². The van der Waals surface area contributed by atoms with Crippen molar-refractivity contribution in [3.63, 3.8) is 0 Å². The van der Waals surface area contributed by atoms with Gasteiger partial charge in [-0.05, 0) is 76.8 Å². The number of aryl methyl sites for hydroxylation is 6. The minimum Gasteiger partial charge on any atom is -0.470 e. The van der Waals surface area contributed by atoms with Gasteiger partial charge in [0.15, 0.2) is 0 Å². The van der Waals surface area contributed by atoms with Crippen molar-refractivity contribution < 1.29 is 8.83 Å². The van der Waals surface area contributed by atoms with E-state index in [0.717, 1.165) is 17.3 Å². The zero-order chi connectivity index (χ0) is 26.1. The van der Waals surface area contributed by atoms with Crippen LogP contribution in [0.2, 0.25) is 0 Å². The lowest BCUT2D eigenvalue weighted by Crippen LogP contribution is -1.63. The second-order valence-electron chi connectivity index (χ2n) is 6.20. The van der Waals surface area contributed by atoms with Gasteiger partial charge in [-0.15, -0.1) is 11.3 Å². The van der Waals surface area contributed by atoms with Crippen LogP contribution < -0.4 is 0 Å². The highest BCUT2D eigenvalue weighted by molar-refractivity contribution is 7.09. The molecule has 0 N–H and O–H groups in total. The Morgan fingerprint density at radius 2 is 1.18 bits per heavy atom. The average molecular weight is 473 g/mol. The fraction of sp³-hybridized carbons (Fsp3) is 0.400. The van der Waals surface area contributed by atoms with Gasteiger partial charge in [0, 0.05) is 4.88 Å². The topological polar surface area (TPSA) is 26.3 Å². The molecule has 0 aliphatic heterocycles. The van der Waals surface area contributed by atoms with Gasteiger partial charge < -0.3 is 8.83 Å². The van der Waals surface area contributed by atoms with Crippen molar-refractivity contribution in [2.45, 2.75) is 83.1 Å². The first-order valence-corrected chi connectivity index (χ1v) is 12.8. The van der Waals surface area contributed by atoms with Gasteiger partial charge in [0.1, 0.15) is 17.3 Å². The first-order chi connectivity index (χ1) is 15.9. The smallest absolute Gasteiger partial charge is 0.103 e. The van der Waals surface area contributed by atoms with E-state index < -0.39 is 0 Å². The molecule has 0 spiro atoms. The molecule has 3 heterocycles. The van der Waals surface area contributed by atoms with Gasteiger partial charge in [0.05, 0.1) is 6.26 Å². The van der Waals surface area contributed by atoms with E-state index in [9.17, 15) is 0 Å². The number of hydrogen-bond donors (Lipinski definition) is 0. The number of furan rings is 2. The Hall–Kier alpha value is -2.52. The predicted molar refractivity (Wildman–Crippen MR) is 151 cm³/mol. The molecule has 0 aliphatic rings. The Bertz CT molecular complexity index is 775.